The first-order chi connectivity index (χ1) is 12.8. The van der Waals surface area contributed by atoms with Crippen LogP contribution in [-0.2, 0) is 10.8 Å². The zero-order chi connectivity index (χ0) is 17.9. The van der Waals surface area contributed by atoms with Crippen molar-refractivity contribution in [3.8, 4) is 17.1 Å². The number of hydrogen-bond acceptors (Lipinski definition) is 5. The Morgan fingerprint density at radius 3 is 2.96 bits per heavy atom. The first-order valence-electron chi connectivity index (χ1n) is 8.45. The molecule has 4 aromatic rings. The summed E-state index contributed by atoms with van der Waals surface area (Å²) in [5.41, 5.74) is 3.35. The molecule has 132 valence electrons. The molecule has 0 unspecified atom stereocenters. The molecule has 0 fully saturated rings. The second-order valence-electron chi connectivity index (χ2n) is 5.89. The van der Waals surface area contributed by atoms with E-state index in [9.17, 15) is 4.21 Å². The molecule has 8 heteroatoms. The zero-order valence-electron chi connectivity index (χ0n) is 14.3. The minimum absolute atomic E-state index is 0.541. The summed E-state index contributed by atoms with van der Waals surface area (Å²) in [5.74, 6) is 1.33. The van der Waals surface area contributed by atoms with Crippen LogP contribution in [0.2, 0.25) is 0 Å². The van der Waals surface area contributed by atoms with Crippen molar-refractivity contribution in [3.63, 3.8) is 0 Å². The first kappa shape index (κ1) is 16.6. The monoisotopic (exact) mass is 366 g/mol. The number of nitrogens with zero attached hydrogens (tertiary/aromatic N) is 5. The highest BCUT2D eigenvalue weighted by molar-refractivity contribution is 7.84. The predicted molar refractivity (Wildman–Crippen MR) is 100 cm³/mol. The number of nitrogens with one attached hydrogen (secondary N) is 1. The average molecular weight is 366 g/mol. The number of benzene rings is 1. The molecule has 0 radical (unpaired) electrons. The largest absolute Gasteiger partial charge is 0.300 e. The predicted octanol–water partition coefficient (Wildman–Crippen LogP) is 3.11. The van der Waals surface area contributed by atoms with Gasteiger partial charge in [0.1, 0.15) is 16.9 Å². The summed E-state index contributed by atoms with van der Waals surface area (Å²) in [6, 6.07) is 9.82. The fourth-order valence-electron chi connectivity index (χ4n) is 2.74. The normalized spacial score (nSPS) is 12.5. The molecule has 0 saturated carbocycles. The third kappa shape index (κ3) is 3.15. The molecule has 0 bridgehead atoms. The lowest BCUT2D eigenvalue weighted by Crippen LogP contribution is -2.02. The van der Waals surface area contributed by atoms with Crippen LogP contribution in [0.3, 0.4) is 0 Å². The van der Waals surface area contributed by atoms with Crippen LogP contribution in [0.4, 0.5) is 0 Å². The fourth-order valence-corrected chi connectivity index (χ4v) is 3.87. The van der Waals surface area contributed by atoms with Gasteiger partial charge in [-0.15, -0.1) is 0 Å². The summed E-state index contributed by atoms with van der Waals surface area (Å²) in [6.45, 7) is 2.08. The van der Waals surface area contributed by atoms with E-state index >= 15 is 0 Å². The highest BCUT2D eigenvalue weighted by Gasteiger charge is 2.11. The summed E-state index contributed by atoms with van der Waals surface area (Å²) < 4.78 is 14.2. The molecular weight excluding hydrogens is 348 g/mol. The van der Waals surface area contributed by atoms with Crippen molar-refractivity contribution in [2.24, 2.45) is 0 Å². The molecule has 0 aliphatic carbocycles. The Bertz CT molecular complexity index is 1060. The van der Waals surface area contributed by atoms with Crippen LogP contribution in [0.5, 0.6) is 0 Å². The third-order valence-corrected chi connectivity index (χ3v) is 5.42. The molecule has 1 aromatic carbocycles. The van der Waals surface area contributed by atoms with Gasteiger partial charge in [0.25, 0.3) is 0 Å². The van der Waals surface area contributed by atoms with Crippen molar-refractivity contribution >= 4 is 22.0 Å². The van der Waals surface area contributed by atoms with E-state index in [0.717, 1.165) is 35.3 Å². The Morgan fingerprint density at radius 1 is 1.23 bits per heavy atom. The molecule has 0 amide bonds. The van der Waals surface area contributed by atoms with Gasteiger partial charge in [0.15, 0.2) is 11.5 Å². The average Bonchev–Trinajstić information content (AvgIpc) is 3.35. The van der Waals surface area contributed by atoms with Gasteiger partial charge in [0.2, 0.25) is 0 Å². The van der Waals surface area contributed by atoms with E-state index in [2.05, 4.69) is 32.1 Å². The molecule has 1 N–H and O–H groups in total. The Hall–Kier alpha value is -2.87. The topological polar surface area (TPSA) is 89.4 Å². The van der Waals surface area contributed by atoms with E-state index in [1.807, 2.05) is 41.1 Å². The quantitative estimate of drug-likeness (QED) is 0.566. The van der Waals surface area contributed by atoms with Crippen LogP contribution >= 0.6 is 0 Å². The number of hydrogen-bond donors (Lipinski definition) is 1. The summed E-state index contributed by atoms with van der Waals surface area (Å²) in [4.78, 5) is 13.2. The van der Waals surface area contributed by atoms with Gasteiger partial charge in [-0.1, -0.05) is 25.5 Å². The Morgan fingerprint density at radius 2 is 2.15 bits per heavy atom. The van der Waals surface area contributed by atoms with Crippen molar-refractivity contribution in [1.29, 1.82) is 0 Å². The molecule has 0 spiro atoms. The fraction of sp³-hybridized carbons (Fsp3) is 0.222. The molecular formula is C18H18N6OS. The molecule has 7 nitrogen and oxygen atoms in total. The lowest BCUT2D eigenvalue weighted by molar-refractivity contribution is 0.676. The minimum Gasteiger partial charge on any atom is -0.300 e. The number of rotatable bonds is 6. The van der Waals surface area contributed by atoms with Crippen LogP contribution in [0.25, 0.3) is 28.2 Å². The van der Waals surface area contributed by atoms with Crippen molar-refractivity contribution in [2.75, 3.05) is 5.75 Å². The molecule has 1 atom stereocenters. The van der Waals surface area contributed by atoms with Crippen molar-refractivity contribution in [3.05, 3.63) is 49.1 Å². The lowest BCUT2D eigenvalue weighted by atomic mass is 10.2. The second-order valence-corrected chi connectivity index (χ2v) is 7.41. The van der Waals surface area contributed by atoms with Crippen molar-refractivity contribution in [2.45, 2.75) is 24.8 Å². The van der Waals surface area contributed by atoms with Gasteiger partial charge in [-0.3, -0.25) is 13.9 Å². The number of aromatic amines is 1. The van der Waals surface area contributed by atoms with Gasteiger partial charge in [-0.2, -0.15) is 5.10 Å². The second kappa shape index (κ2) is 7.17. The molecule has 0 aliphatic rings. The van der Waals surface area contributed by atoms with Crippen LogP contribution < -0.4 is 0 Å². The van der Waals surface area contributed by atoms with Gasteiger partial charge in [-0.25, -0.2) is 15.0 Å². The lowest BCUT2D eigenvalue weighted by Gasteiger charge is -2.07. The van der Waals surface area contributed by atoms with Gasteiger partial charge in [0.05, 0.1) is 17.0 Å². The summed E-state index contributed by atoms with van der Waals surface area (Å²) in [7, 11) is -1.10. The Kier molecular flexibility index (Phi) is 4.57. The van der Waals surface area contributed by atoms with Crippen LogP contribution in [0.1, 0.15) is 19.8 Å². The summed E-state index contributed by atoms with van der Waals surface area (Å²) >= 11 is 0. The highest BCUT2D eigenvalue weighted by atomic mass is 32.2. The Balaban J connectivity index is 1.70. The Labute approximate surface area is 153 Å². The summed E-state index contributed by atoms with van der Waals surface area (Å²) in [5, 5.41) is 7.30. The standard InChI is InChI=1S/C18H18N6OS/c1-2-3-9-26(25)16-11-19-18-15(22-16)7-8-24(18)14-6-4-5-13(10-14)17-20-12-21-23-17/h4-8,10-12H,2-3,9H2,1H3,(H,20,21,23)/t26-/m1/s1. The van der Waals surface area contributed by atoms with Gasteiger partial charge < -0.3 is 0 Å². The minimum atomic E-state index is -1.10. The maximum absolute atomic E-state index is 12.3. The van der Waals surface area contributed by atoms with E-state index in [4.69, 9.17) is 0 Å². The molecule has 0 saturated heterocycles. The van der Waals surface area contributed by atoms with Crippen molar-refractivity contribution < 1.29 is 4.21 Å². The maximum atomic E-state index is 12.3. The number of fused-ring (bicyclic) bond motifs is 1. The number of H-pyrrole nitrogens is 1. The van der Waals surface area contributed by atoms with E-state index in [-0.39, 0.29) is 0 Å². The first-order valence-corrected chi connectivity index (χ1v) is 9.77. The number of unbranched alkanes of at least 4 members (excludes halogenated alkanes) is 1. The third-order valence-electron chi connectivity index (χ3n) is 4.10. The SMILES string of the molecule is CCCC[S@@](=O)c1cnc2c(ccn2-c2cccc(-c3ncn[nH]3)c2)n1. The van der Waals surface area contributed by atoms with Crippen LogP contribution in [-0.4, -0.2) is 39.7 Å². The van der Waals surface area contributed by atoms with E-state index < -0.39 is 10.8 Å². The summed E-state index contributed by atoms with van der Waals surface area (Å²) in [6.07, 6.45) is 6.95. The number of aromatic nitrogens is 6. The molecule has 0 aliphatic heterocycles. The molecule has 3 aromatic heterocycles. The van der Waals surface area contributed by atoms with Crippen LogP contribution in [0, 0.1) is 0 Å². The molecule has 3 heterocycles. The molecule has 26 heavy (non-hydrogen) atoms. The van der Waals surface area contributed by atoms with Crippen molar-refractivity contribution in [1.82, 2.24) is 29.7 Å². The van der Waals surface area contributed by atoms with Crippen LogP contribution in [0.15, 0.2) is 54.1 Å². The van der Waals surface area contributed by atoms with E-state index in [1.165, 1.54) is 6.33 Å². The van der Waals surface area contributed by atoms with Gasteiger partial charge in [0, 0.05) is 23.2 Å². The smallest absolute Gasteiger partial charge is 0.163 e. The van der Waals surface area contributed by atoms with Gasteiger partial charge in [-0.05, 0) is 24.6 Å². The van der Waals surface area contributed by atoms with E-state index in [1.54, 1.807) is 6.20 Å². The van der Waals surface area contributed by atoms with E-state index in [0.29, 0.717) is 16.6 Å². The highest BCUT2D eigenvalue weighted by Crippen LogP contribution is 2.22. The maximum Gasteiger partial charge on any atom is 0.163 e. The molecule has 4 rings (SSSR count). The van der Waals surface area contributed by atoms with Gasteiger partial charge >= 0.3 is 0 Å². The zero-order valence-corrected chi connectivity index (χ0v) is 15.1.